The highest BCUT2D eigenvalue weighted by Crippen LogP contribution is 2.31. The average molecular weight is 297 g/mol. The number of hydrogen-bond acceptors (Lipinski definition) is 6. The minimum absolute atomic E-state index is 0.0350. The van der Waals surface area contributed by atoms with Crippen LogP contribution in [-0.2, 0) is 16.4 Å². The average Bonchev–Trinajstić information content (AvgIpc) is 2.87. The van der Waals surface area contributed by atoms with Crippen LogP contribution in [0.25, 0.3) is 11.5 Å². The van der Waals surface area contributed by atoms with Crippen LogP contribution in [0, 0.1) is 0 Å². The van der Waals surface area contributed by atoms with Crippen molar-refractivity contribution in [2.75, 3.05) is 6.61 Å². The molecule has 2 rings (SSSR count). The minimum Gasteiger partial charge on any atom is -0.493 e. The summed E-state index contributed by atoms with van der Waals surface area (Å²) in [5.74, 6) is 1.20. The molecule has 0 unspecified atom stereocenters. The zero-order chi connectivity index (χ0) is 14.8. The molecule has 0 saturated carbocycles. The normalized spacial score (nSPS) is 11.6. The predicted molar refractivity (Wildman–Crippen MR) is 71.7 cm³/mol. The summed E-state index contributed by atoms with van der Waals surface area (Å²) in [5, 5.41) is 8.91. The molecule has 1 aromatic carbocycles. The Morgan fingerprint density at radius 1 is 1.35 bits per heavy atom. The van der Waals surface area contributed by atoms with Crippen LogP contribution in [0.3, 0.4) is 0 Å². The molecule has 0 spiro atoms. The van der Waals surface area contributed by atoms with Crippen molar-refractivity contribution < 1.29 is 17.7 Å². The smallest absolute Gasteiger partial charge is 0.261 e. The van der Waals surface area contributed by atoms with E-state index >= 15 is 0 Å². The van der Waals surface area contributed by atoms with E-state index in [1.54, 1.807) is 0 Å². The number of primary sulfonamides is 1. The topological polar surface area (TPSA) is 108 Å². The molecule has 0 aliphatic carbocycles. The van der Waals surface area contributed by atoms with Crippen LogP contribution < -0.4 is 9.88 Å². The van der Waals surface area contributed by atoms with E-state index in [4.69, 9.17) is 14.4 Å². The van der Waals surface area contributed by atoms with E-state index in [0.29, 0.717) is 30.2 Å². The zero-order valence-electron chi connectivity index (χ0n) is 11.2. The highest BCUT2D eigenvalue weighted by atomic mass is 32.2. The van der Waals surface area contributed by atoms with Gasteiger partial charge in [0.1, 0.15) is 5.75 Å². The van der Waals surface area contributed by atoms with Crippen molar-refractivity contribution in [1.29, 1.82) is 0 Å². The SMILES string of the molecule is CCOc1ccc(S(N)(=O)=O)cc1-c1nc(CC)no1. The maximum absolute atomic E-state index is 11.4. The van der Waals surface area contributed by atoms with Gasteiger partial charge in [-0.05, 0) is 25.1 Å². The van der Waals surface area contributed by atoms with Gasteiger partial charge in [-0.25, -0.2) is 13.6 Å². The fraction of sp³-hybridized carbons (Fsp3) is 0.333. The van der Waals surface area contributed by atoms with Gasteiger partial charge < -0.3 is 9.26 Å². The van der Waals surface area contributed by atoms with E-state index in [1.165, 1.54) is 18.2 Å². The molecule has 108 valence electrons. The number of hydrogen-bond donors (Lipinski definition) is 1. The number of nitrogens with zero attached hydrogens (tertiary/aromatic N) is 2. The largest absolute Gasteiger partial charge is 0.493 e. The third-order valence-corrected chi connectivity index (χ3v) is 3.51. The molecule has 0 bridgehead atoms. The summed E-state index contributed by atoms with van der Waals surface area (Å²) in [6.07, 6.45) is 0.613. The molecule has 0 aliphatic heterocycles. The van der Waals surface area contributed by atoms with E-state index in [2.05, 4.69) is 10.1 Å². The van der Waals surface area contributed by atoms with E-state index in [9.17, 15) is 8.42 Å². The van der Waals surface area contributed by atoms with E-state index in [0.717, 1.165) is 0 Å². The second-order valence-electron chi connectivity index (χ2n) is 4.01. The fourth-order valence-electron chi connectivity index (χ4n) is 1.64. The van der Waals surface area contributed by atoms with E-state index in [1.807, 2.05) is 13.8 Å². The first-order valence-corrected chi connectivity index (χ1v) is 7.63. The number of benzene rings is 1. The van der Waals surface area contributed by atoms with Gasteiger partial charge in [-0.2, -0.15) is 4.98 Å². The third-order valence-electron chi connectivity index (χ3n) is 2.59. The second kappa shape index (κ2) is 5.59. The van der Waals surface area contributed by atoms with Crippen molar-refractivity contribution >= 4 is 10.0 Å². The quantitative estimate of drug-likeness (QED) is 0.892. The molecule has 0 aliphatic rings. The first-order valence-electron chi connectivity index (χ1n) is 6.08. The Hall–Kier alpha value is -1.93. The van der Waals surface area contributed by atoms with Gasteiger partial charge in [0.25, 0.3) is 5.89 Å². The predicted octanol–water partition coefficient (Wildman–Crippen LogP) is 1.35. The van der Waals surface area contributed by atoms with Crippen molar-refractivity contribution in [2.24, 2.45) is 5.14 Å². The first kappa shape index (κ1) is 14.5. The van der Waals surface area contributed by atoms with Gasteiger partial charge in [-0.15, -0.1) is 0 Å². The Morgan fingerprint density at radius 3 is 2.65 bits per heavy atom. The summed E-state index contributed by atoms with van der Waals surface area (Å²) in [4.78, 5) is 4.14. The van der Waals surface area contributed by atoms with Gasteiger partial charge >= 0.3 is 0 Å². The van der Waals surface area contributed by atoms with Gasteiger partial charge in [0.05, 0.1) is 17.1 Å². The highest BCUT2D eigenvalue weighted by molar-refractivity contribution is 7.89. The molecule has 8 heteroatoms. The number of ether oxygens (including phenoxy) is 1. The van der Waals surface area contributed by atoms with Crippen molar-refractivity contribution in [1.82, 2.24) is 10.1 Å². The molecule has 0 fully saturated rings. The summed E-state index contributed by atoms with van der Waals surface area (Å²) in [6.45, 7) is 4.14. The Labute approximate surface area is 116 Å². The third kappa shape index (κ3) is 2.97. The lowest BCUT2D eigenvalue weighted by Gasteiger charge is -2.08. The molecule has 2 aromatic rings. The number of nitrogens with two attached hydrogens (primary N) is 1. The summed E-state index contributed by atoms with van der Waals surface area (Å²) < 4.78 is 33.4. The zero-order valence-corrected chi connectivity index (χ0v) is 12.0. The Kier molecular flexibility index (Phi) is 4.05. The molecule has 1 heterocycles. The molecule has 20 heavy (non-hydrogen) atoms. The molecule has 7 nitrogen and oxygen atoms in total. The number of sulfonamides is 1. The lowest BCUT2D eigenvalue weighted by molar-refractivity contribution is 0.339. The molecule has 0 atom stereocenters. The van der Waals surface area contributed by atoms with Crippen molar-refractivity contribution in [3.05, 3.63) is 24.0 Å². The first-order chi connectivity index (χ1) is 9.45. The Bertz CT molecular complexity index is 709. The maximum Gasteiger partial charge on any atom is 0.261 e. The van der Waals surface area contributed by atoms with Crippen LogP contribution in [0.1, 0.15) is 19.7 Å². The summed E-state index contributed by atoms with van der Waals surface area (Å²) in [5.41, 5.74) is 0.408. The van der Waals surface area contributed by atoms with Gasteiger partial charge in [0, 0.05) is 6.42 Å². The van der Waals surface area contributed by atoms with Crippen LogP contribution in [0.15, 0.2) is 27.6 Å². The Balaban J connectivity index is 2.57. The summed E-state index contributed by atoms with van der Waals surface area (Å²) in [7, 11) is -3.81. The lowest BCUT2D eigenvalue weighted by atomic mass is 10.2. The van der Waals surface area contributed by atoms with Crippen LogP contribution >= 0.6 is 0 Å². The van der Waals surface area contributed by atoms with Gasteiger partial charge in [-0.3, -0.25) is 0 Å². The lowest BCUT2D eigenvalue weighted by Crippen LogP contribution is -2.12. The van der Waals surface area contributed by atoms with Crippen LogP contribution in [0.5, 0.6) is 5.75 Å². The second-order valence-corrected chi connectivity index (χ2v) is 5.57. The van der Waals surface area contributed by atoms with Crippen LogP contribution in [0.4, 0.5) is 0 Å². The van der Waals surface area contributed by atoms with Crippen molar-refractivity contribution in [3.63, 3.8) is 0 Å². The molecule has 0 saturated heterocycles. The standard InChI is InChI=1S/C12H15N3O4S/c1-3-11-14-12(19-15-11)9-7-8(20(13,16)17)5-6-10(9)18-4-2/h5-7H,3-4H2,1-2H3,(H2,13,16,17). The highest BCUT2D eigenvalue weighted by Gasteiger charge is 2.18. The van der Waals surface area contributed by atoms with E-state index in [-0.39, 0.29) is 10.8 Å². The van der Waals surface area contributed by atoms with Gasteiger partial charge in [-0.1, -0.05) is 12.1 Å². The summed E-state index contributed by atoms with van der Waals surface area (Å²) >= 11 is 0. The number of aryl methyl sites for hydroxylation is 1. The van der Waals surface area contributed by atoms with E-state index < -0.39 is 10.0 Å². The Morgan fingerprint density at radius 2 is 2.10 bits per heavy atom. The monoisotopic (exact) mass is 297 g/mol. The molecular weight excluding hydrogens is 282 g/mol. The van der Waals surface area contributed by atoms with Crippen molar-refractivity contribution in [2.45, 2.75) is 25.2 Å². The van der Waals surface area contributed by atoms with Crippen LogP contribution in [-0.4, -0.2) is 25.2 Å². The van der Waals surface area contributed by atoms with Gasteiger partial charge in [0.15, 0.2) is 5.82 Å². The molecular formula is C12H15N3O4S. The molecule has 0 radical (unpaired) electrons. The number of aromatic nitrogens is 2. The van der Waals surface area contributed by atoms with Crippen molar-refractivity contribution in [3.8, 4) is 17.2 Å². The van der Waals surface area contributed by atoms with Gasteiger partial charge in [0.2, 0.25) is 10.0 Å². The fourth-order valence-corrected chi connectivity index (χ4v) is 2.18. The maximum atomic E-state index is 11.4. The van der Waals surface area contributed by atoms with Crippen LogP contribution in [0.2, 0.25) is 0 Å². The minimum atomic E-state index is -3.81. The molecule has 1 aromatic heterocycles. The summed E-state index contributed by atoms with van der Waals surface area (Å²) in [6, 6.07) is 4.27. The molecule has 0 amide bonds. The molecule has 2 N–H and O–H groups in total. The number of rotatable bonds is 5.